The molecule has 0 spiro atoms. The number of hydrogen-bond donors (Lipinski definition) is 0. The van der Waals surface area contributed by atoms with Gasteiger partial charge in [0.25, 0.3) is 5.91 Å². The lowest BCUT2D eigenvalue weighted by atomic mass is 10.0. The lowest BCUT2D eigenvalue weighted by Gasteiger charge is -2.25. The van der Waals surface area contributed by atoms with E-state index in [0.29, 0.717) is 18.5 Å². The molecule has 148 valence electrons. The minimum Gasteiger partial charge on any atom is -0.497 e. The molecule has 3 aromatic carbocycles. The van der Waals surface area contributed by atoms with Crippen molar-refractivity contribution in [2.24, 2.45) is 0 Å². The van der Waals surface area contributed by atoms with Gasteiger partial charge in [0.05, 0.1) is 19.3 Å². The molecule has 0 atom stereocenters. The number of para-hydroxylation sites is 1. The molecular weight excluding hydrogens is 426 g/mol. The lowest BCUT2D eigenvalue weighted by molar-refractivity contribution is -0.115. The van der Waals surface area contributed by atoms with Crippen LogP contribution < -0.4 is 9.64 Å². The van der Waals surface area contributed by atoms with Gasteiger partial charge in [0, 0.05) is 16.5 Å². The summed E-state index contributed by atoms with van der Waals surface area (Å²) in [6.45, 7) is 6.58. The largest absolute Gasteiger partial charge is 0.497 e. The second-order valence-electron chi connectivity index (χ2n) is 6.96. The second-order valence-corrected chi connectivity index (χ2v) is 7.81. The van der Waals surface area contributed by atoms with Crippen molar-refractivity contribution >= 4 is 27.5 Å². The summed E-state index contributed by atoms with van der Waals surface area (Å²) in [5.41, 5.74) is 4.65. The number of anilines is 1. The predicted molar refractivity (Wildman–Crippen MR) is 122 cm³/mol. The number of rotatable bonds is 7. The number of nitrogens with zero attached hydrogens (tertiary/aromatic N) is 1. The van der Waals surface area contributed by atoms with Gasteiger partial charge >= 0.3 is 0 Å². The van der Waals surface area contributed by atoms with E-state index in [-0.39, 0.29) is 5.91 Å². The summed E-state index contributed by atoms with van der Waals surface area (Å²) >= 11 is 3.58. The van der Waals surface area contributed by atoms with Gasteiger partial charge in [-0.2, -0.15) is 0 Å². The molecule has 0 saturated carbocycles. The van der Waals surface area contributed by atoms with Crippen LogP contribution in [-0.4, -0.2) is 13.0 Å². The summed E-state index contributed by atoms with van der Waals surface area (Å²) in [7, 11) is 1.64. The van der Waals surface area contributed by atoms with Crippen molar-refractivity contribution in [2.75, 3.05) is 12.0 Å². The number of benzene rings is 3. The van der Waals surface area contributed by atoms with E-state index in [1.54, 1.807) is 12.0 Å². The Kier molecular flexibility index (Phi) is 6.89. The minimum absolute atomic E-state index is 0.0895. The number of halogens is 1. The molecule has 0 bridgehead atoms. The summed E-state index contributed by atoms with van der Waals surface area (Å²) in [5.74, 6) is 0.699. The van der Waals surface area contributed by atoms with Crippen LogP contribution in [-0.2, 0) is 17.8 Å². The normalized spacial score (nSPS) is 10.4. The zero-order chi connectivity index (χ0) is 20.8. The zero-order valence-corrected chi connectivity index (χ0v) is 18.3. The third kappa shape index (κ3) is 5.36. The average Bonchev–Trinajstić information content (AvgIpc) is 2.74. The SMILES string of the molecule is C=C(Cc1ccc(C)cc1)C(=O)N(Cc1ccc(OC)cc1)c1ccccc1Br. The summed E-state index contributed by atoms with van der Waals surface area (Å²) in [4.78, 5) is 15.1. The monoisotopic (exact) mass is 449 g/mol. The minimum atomic E-state index is -0.0895. The first-order chi connectivity index (χ1) is 14.0. The van der Waals surface area contributed by atoms with Crippen LogP contribution in [0.2, 0.25) is 0 Å². The zero-order valence-electron chi connectivity index (χ0n) is 16.7. The van der Waals surface area contributed by atoms with Gasteiger partial charge in [0.15, 0.2) is 0 Å². The van der Waals surface area contributed by atoms with Crippen molar-refractivity contribution in [3.8, 4) is 5.75 Å². The van der Waals surface area contributed by atoms with E-state index in [0.717, 1.165) is 27.0 Å². The molecule has 0 unspecified atom stereocenters. The quantitative estimate of drug-likeness (QED) is 0.407. The number of amides is 1. The first kappa shape index (κ1) is 20.9. The van der Waals surface area contributed by atoms with E-state index in [4.69, 9.17) is 4.74 Å². The van der Waals surface area contributed by atoms with E-state index in [9.17, 15) is 4.79 Å². The fourth-order valence-corrected chi connectivity index (χ4v) is 3.57. The Bertz CT molecular complexity index is 994. The van der Waals surface area contributed by atoms with Crippen molar-refractivity contribution in [1.82, 2.24) is 0 Å². The number of methoxy groups -OCH3 is 1. The maximum atomic E-state index is 13.4. The molecule has 0 N–H and O–H groups in total. The molecular formula is C25H24BrNO2. The maximum Gasteiger partial charge on any atom is 0.254 e. The molecule has 0 aliphatic heterocycles. The first-order valence-electron chi connectivity index (χ1n) is 9.40. The van der Waals surface area contributed by atoms with Crippen LogP contribution in [0.15, 0.2) is 89.4 Å². The van der Waals surface area contributed by atoms with Crippen molar-refractivity contribution in [3.63, 3.8) is 0 Å². The summed E-state index contributed by atoms with van der Waals surface area (Å²) in [6.07, 6.45) is 0.517. The summed E-state index contributed by atoms with van der Waals surface area (Å²) in [6, 6.07) is 23.7. The Morgan fingerprint density at radius 2 is 1.59 bits per heavy atom. The van der Waals surface area contributed by atoms with Gasteiger partial charge in [-0.25, -0.2) is 0 Å². The number of ether oxygens (including phenoxy) is 1. The third-order valence-electron chi connectivity index (χ3n) is 4.73. The summed E-state index contributed by atoms with van der Waals surface area (Å²) < 4.78 is 6.10. The van der Waals surface area contributed by atoms with E-state index >= 15 is 0 Å². The fraction of sp³-hybridized carbons (Fsp3) is 0.160. The number of hydrogen-bond acceptors (Lipinski definition) is 2. The van der Waals surface area contributed by atoms with Crippen LogP contribution in [0.4, 0.5) is 5.69 Å². The molecule has 3 aromatic rings. The molecule has 29 heavy (non-hydrogen) atoms. The topological polar surface area (TPSA) is 29.5 Å². The predicted octanol–water partition coefficient (Wildman–Crippen LogP) is 6.10. The Balaban J connectivity index is 1.86. The van der Waals surface area contributed by atoms with Gasteiger partial charge in [-0.15, -0.1) is 0 Å². The van der Waals surface area contributed by atoms with E-state index < -0.39 is 0 Å². The molecule has 4 heteroatoms. The number of carbonyl (C=O) groups excluding carboxylic acids is 1. The number of aryl methyl sites for hydroxylation is 1. The molecule has 0 aliphatic rings. The second kappa shape index (κ2) is 9.57. The molecule has 3 rings (SSSR count). The summed E-state index contributed by atoms with van der Waals surface area (Å²) in [5, 5.41) is 0. The van der Waals surface area contributed by atoms with E-state index in [1.165, 1.54) is 5.56 Å². The Morgan fingerprint density at radius 1 is 0.966 bits per heavy atom. The van der Waals surface area contributed by atoms with Crippen LogP contribution in [0, 0.1) is 6.92 Å². The van der Waals surface area contributed by atoms with Crippen LogP contribution >= 0.6 is 15.9 Å². The highest BCUT2D eigenvalue weighted by atomic mass is 79.9. The lowest BCUT2D eigenvalue weighted by Crippen LogP contribution is -2.32. The molecule has 0 radical (unpaired) electrons. The van der Waals surface area contributed by atoms with Crippen molar-refractivity contribution in [1.29, 1.82) is 0 Å². The Morgan fingerprint density at radius 3 is 2.21 bits per heavy atom. The smallest absolute Gasteiger partial charge is 0.254 e. The first-order valence-corrected chi connectivity index (χ1v) is 10.2. The third-order valence-corrected chi connectivity index (χ3v) is 5.40. The maximum absolute atomic E-state index is 13.4. The Hall–Kier alpha value is -2.85. The van der Waals surface area contributed by atoms with E-state index in [1.807, 2.05) is 67.6 Å². The molecule has 1 amide bonds. The van der Waals surface area contributed by atoms with E-state index in [2.05, 4.69) is 34.6 Å². The molecule has 3 nitrogen and oxygen atoms in total. The van der Waals surface area contributed by atoms with Gasteiger partial charge in [0.2, 0.25) is 0 Å². The highest BCUT2D eigenvalue weighted by molar-refractivity contribution is 9.10. The van der Waals surface area contributed by atoms with Gasteiger partial charge in [-0.05, 0) is 58.2 Å². The van der Waals surface area contributed by atoms with Gasteiger partial charge < -0.3 is 9.64 Å². The standard InChI is InChI=1S/C25H24BrNO2/c1-18-8-10-20(11-9-18)16-19(2)25(28)27(24-7-5-4-6-23(24)26)17-21-12-14-22(29-3)15-13-21/h4-15H,2,16-17H2,1,3H3. The van der Waals surface area contributed by atoms with Gasteiger partial charge in [-0.3, -0.25) is 4.79 Å². The Labute approximate surface area is 180 Å². The molecule has 0 saturated heterocycles. The average molecular weight is 450 g/mol. The molecule has 0 aliphatic carbocycles. The highest BCUT2D eigenvalue weighted by Gasteiger charge is 2.21. The fourth-order valence-electron chi connectivity index (χ4n) is 3.07. The molecule has 0 aromatic heterocycles. The van der Waals surface area contributed by atoms with Gasteiger partial charge in [-0.1, -0.05) is 60.7 Å². The van der Waals surface area contributed by atoms with Crippen LogP contribution in [0.3, 0.4) is 0 Å². The van der Waals surface area contributed by atoms with Crippen molar-refractivity contribution < 1.29 is 9.53 Å². The molecule has 0 fully saturated rings. The highest BCUT2D eigenvalue weighted by Crippen LogP contribution is 2.29. The number of carbonyl (C=O) groups is 1. The van der Waals surface area contributed by atoms with Crippen LogP contribution in [0.1, 0.15) is 16.7 Å². The molecule has 0 heterocycles. The van der Waals surface area contributed by atoms with Crippen molar-refractivity contribution in [2.45, 2.75) is 19.9 Å². The van der Waals surface area contributed by atoms with Crippen LogP contribution in [0.25, 0.3) is 0 Å². The van der Waals surface area contributed by atoms with Crippen LogP contribution in [0.5, 0.6) is 5.75 Å². The van der Waals surface area contributed by atoms with Gasteiger partial charge in [0.1, 0.15) is 5.75 Å². The van der Waals surface area contributed by atoms with Crippen molar-refractivity contribution in [3.05, 3.63) is 106 Å².